The molecule has 2 aliphatic carbocycles. The van der Waals surface area contributed by atoms with E-state index in [1.807, 2.05) is 12.2 Å². The normalized spacial score (nSPS) is 27.4. The Balaban J connectivity index is 1.81. The summed E-state index contributed by atoms with van der Waals surface area (Å²) >= 11 is 0. The van der Waals surface area contributed by atoms with Crippen molar-refractivity contribution in [2.45, 2.75) is 57.6 Å². The van der Waals surface area contributed by atoms with Gasteiger partial charge >= 0.3 is 0 Å². The summed E-state index contributed by atoms with van der Waals surface area (Å²) < 4.78 is 7.55. The lowest BCUT2D eigenvalue weighted by molar-refractivity contribution is -0.121. The van der Waals surface area contributed by atoms with E-state index in [1.54, 1.807) is 0 Å². The Morgan fingerprint density at radius 2 is 1.48 bits per heavy atom. The molecule has 33 heavy (non-hydrogen) atoms. The molecule has 2 nitrogen and oxygen atoms in total. The topological polar surface area (TPSA) is 26.3 Å². The number of carbonyl (C=O) groups excluding carboxylic acids is 1. The number of hydrogen-bond donors (Lipinski definition) is 0. The number of rotatable bonds is 8. The van der Waals surface area contributed by atoms with Crippen molar-refractivity contribution < 1.29 is 9.22 Å². The van der Waals surface area contributed by atoms with Crippen LogP contribution in [0.1, 0.15) is 46.5 Å². The van der Waals surface area contributed by atoms with E-state index >= 15 is 0 Å². The van der Waals surface area contributed by atoms with Crippen molar-refractivity contribution in [3.05, 3.63) is 86.0 Å². The molecule has 0 amide bonds. The van der Waals surface area contributed by atoms with Crippen molar-refractivity contribution in [3.8, 4) is 0 Å². The van der Waals surface area contributed by atoms with E-state index in [4.69, 9.17) is 4.43 Å². The SMILES string of the molecule is C=CC[C@@H]1[C@@H]2[C@@H](CC(=O)[C@@H]2CC=C)C[C@H]1O[Si](c1ccccc1)(c1ccccc1)C(C)(C)C. The first-order chi connectivity index (χ1) is 15.8. The van der Waals surface area contributed by atoms with Gasteiger partial charge in [0, 0.05) is 18.4 Å². The number of ketones is 1. The molecule has 4 rings (SSSR count). The molecule has 0 unspecified atom stereocenters. The predicted molar refractivity (Wildman–Crippen MR) is 140 cm³/mol. The quantitative estimate of drug-likeness (QED) is 0.362. The van der Waals surface area contributed by atoms with Crippen LogP contribution in [0.3, 0.4) is 0 Å². The average Bonchev–Trinajstić information content (AvgIpc) is 3.28. The zero-order valence-electron chi connectivity index (χ0n) is 20.4. The highest BCUT2D eigenvalue weighted by atomic mass is 28.4. The van der Waals surface area contributed by atoms with E-state index in [2.05, 4.69) is 94.6 Å². The number of benzene rings is 2. The van der Waals surface area contributed by atoms with Gasteiger partial charge in [-0.25, -0.2) is 0 Å². The molecule has 5 atom stereocenters. The summed E-state index contributed by atoms with van der Waals surface area (Å²) in [6, 6.07) is 21.7. The minimum absolute atomic E-state index is 0.0531. The maximum absolute atomic E-state index is 12.8. The first kappa shape index (κ1) is 23.9. The van der Waals surface area contributed by atoms with Crippen LogP contribution in [-0.4, -0.2) is 20.2 Å². The number of carbonyl (C=O) groups is 1. The lowest BCUT2D eigenvalue weighted by Gasteiger charge is -2.46. The summed E-state index contributed by atoms with van der Waals surface area (Å²) in [5.41, 5.74) is 0. The molecule has 0 saturated heterocycles. The minimum Gasteiger partial charge on any atom is -0.404 e. The van der Waals surface area contributed by atoms with Gasteiger partial charge < -0.3 is 4.43 Å². The van der Waals surface area contributed by atoms with Crippen LogP contribution in [0.5, 0.6) is 0 Å². The van der Waals surface area contributed by atoms with Gasteiger partial charge in [-0.2, -0.15) is 0 Å². The maximum Gasteiger partial charge on any atom is 0.261 e. The summed E-state index contributed by atoms with van der Waals surface area (Å²) in [5.74, 6) is 1.62. The average molecular weight is 459 g/mol. The van der Waals surface area contributed by atoms with Crippen LogP contribution in [-0.2, 0) is 9.22 Å². The van der Waals surface area contributed by atoms with Crippen molar-refractivity contribution in [2.24, 2.45) is 23.7 Å². The molecular formula is C30H38O2Si. The second-order valence-electron chi connectivity index (χ2n) is 10.9. The van der Waals surface area contributed by atoms with Gasteiger partial charge in [0.15, 0.2) is 0 Å². The first-order valence-electron chi connectivity index (χ1n) is 12.4. The van der Waals surface area contributed by atoms with Crippen LogP contribution in [0.15, 0.2) is 86.0 Å². The van der Waals surface area contributed by atoms with Gasteiger partial charge in [-0.3, -0.25) is 4.79 Å². The van der Waals surface area contributed by atoms with Crippen LogP contribution in [0.2, 0.25) is 5.04 Å². The maximum atomic E-state index is 12.8. The van der Waals surface area contributed by atoms with Crippen molar-refractivity contribution in [1.82, 2.24) is 0 Å². The van der Waals surface area contributed by atoms with Gasteiger partial charge in [0.2, 0.25) is 0 Å². The molecule has 3 heteroatoms. The number of allylic oxidation sites excluding steroid dienone is 2. The summed E-state index contributed by atoms with van der Waals surface area (Å²) in [5, 5.41) is 2.58. The standard InChI is InChI=1S/C30H38O2Si/c1-6-14-25-27(31)20-22-21-28(26(15-7-2)29(22)25)32-33(30(3,4)5,23-16-10-8-11-17-23)24-18-12-9-13-19-24/h6-13,16-19,22,25-26,28-29H,1-2,14-15,20-21H2,3-5H3/t22-,25-,26-,28+,29+/m0/s1. The second kappa shape index (κ2) is 9.56. The zero-order chi connectivity index (χ0) is 23.6. The third-order valence-corrected chi connectivity index (χ3v) is 13.1. The van der Waals surface area contributed by atoms with Gasteiger partial charge in [-0.1, -0.05) is 93.6 Å². The smallest absolute Gasteiger partial charge is 0.261 e. The van der Waals surface area contributed by atoms with Crippen molar-refractivity contribution in [1.29, 1.82) is 0 Å². The lowest BCUT2D eigenvalue weighted by atomic mass is 9.80. The highest BCUT2D eigenvalue weighted by Crippen LogP contribution is 2.54. The number of Topliss-reactive ketones (excluding diaryl/α,β-unsaturated/α-hetero) is 1. The van der Waals surface area contributed by atoms with Crippen LogP contribution >= 0.6 is 0 Å². The van der Waals surface area contributed by atoms with E-state index < -0.39 is 8.32 Å². The Hall–Kier alpha value is -2.23. The second-order valence-corrected chi connectivity index (χ2v) is 15.1. The third kappa shape index (κ3) is 4.22. The molecule has 0 aromatic heterocycles. The molecule has 2 saturated carbocycles. The molecule has 0 N–H and O–H groups in total. The Kier molecular flexibility index (Phi) is 6.92. The molecule has 0 radical (unpaired) electrons. The van der Waals surface area contributed by atoms with Crippen LogP contribution in [0, 0.1) is 23.7 Å². The fourth-order valence-corrected chi connectivity index (χ4v) is 11.5. The largest absolute Gasteiger partial charge is 0.404 e. The Labute approximate surface area is 200 Å². The van der Waals surface area contributed by atoms with Gasteiger partial charge in [-0.05, 0) is 52.4 Å². The van der Waals surface area contributed by atoms with Crippen LogP contribution in [0.4, 0.5) is 0 Å². The van der Waals surface area contributed by atoms with Gasteiger partial charge in [0.25, 0.3) is 8.32 Å². The Morgan fingerprint density at radius 1 is 0.939 bits per heavy atom. The lowest BCUT2D eigenvalue weighted by Crippen LogP contribution is -2.68. The van der Waals surface area contributed by atoms with E-state index in [0.717, 1.165) is 19.3 Å². The van der Waals surface area contributed by atoms with Crippen molar-refractivity contribution >= 4 is 24.5 Å². The zero-order valence-corrected chi connectivity index (χ0v) is 21.4. The van der Waals surface area contributed by atoms with E-state index in [1.165, 1.54) is 10.4 Å². The molecule has 174 valence electrons. The third-order valence-electron chi connectivity index (χ3n) is 8.00. The fraction of sp³-hybridized carbons (Fsp3) is 0.433. The Morgan fingerprint density at radius 3 is 1.97 bits per heavy atom. The van der Waals surface area contributed by atoms with Crippen LogP contribution < -0.4 is 10.4 Å². The molecule has 2 aliphatic rings. The highest BCUT2D eigenvalue weighted by molar-refractivity contribution is 6.99. The summed E-state index contributed by atoms with van der Waals surface area (Å²) in [6.45, 7) is 15.0. The first-order valence-corrected chi connectivity index (χ1v) is 14.3. The predicted octanol–water partition coefficient (Wildman–Crippen LogP) is 5.93. The summed E-state index contributed by atoms with van der Waals surface area (Å²) in [4.78, 5) is 12.8. The van der Waals surface area contributed by atoms with Crippen molar-refractivity contribution in [3.63, 3.8) is 0 Å². The molecule has 0 spiro atoms. The van der Waals surface area contributed by atoms with Crippen LogP contribution in [0.25, 0.3) is 0 Å². The molecule has 2 fully saturated rings. The Bertz CT molecular complexity index is 936. The molecule has 2 aromatic rings. The molecule has 0 aliphatic heterocycles. The van der Waals surface area contributed by atoms with Crippen molar-refractivity contribution in [2.75, 3.05) is 0 Å². The van der Waals surface area contributed by atoms with Gasteiger partial charge in [-0.15, -0.1) is 13.2 Å². The van der Waals surface area contributed by atoms with Gasteiger partial charge in [0.05, 0.1) is 0 Å². The highest BCUT2D eigenvalue weighted by Gasteiger charge is 2.57. The molecule has 2 aromatic carbocycles. The van der Waals surface area contributed by atoms with Gasteiger partial charge in [0.1, 0.15) is 5.78 Å². The number of fused-ring (bicyclic) bond motifs is 1. The molecule has 0 bridgehead atoms. The van der Waals surface area contributed by atoms with E-state index in [0.29, 0.717) is 30.0 Å². The monoisotopic (exact) mass is 458 g/mol. The summed E-state index contributed by atoms with van der Waals surface area (Å²) in [6.07, 6.45) is 7.41. The summed E-state index contributed by atoms with van der Waals surface area (Å²) in [7, 11) is -2.63. The fourth-order valence-electron chi connectivity index (χ4n) is 6.72. The van der Waals surface area contributed by atoms with E-state index in [9.17, 15) is 4.79 Å². The van der Waals surface area contributed by atoms with E-state index in [-0.39, 0.29) is 17.1 Å². The minimum atomic E-state index is -2.63. The number of hydrogen-bond acceptors (Lipinski definition) is 2. The molecular weight excluding hydrogens is 420 g/mol. The molecule has 0 heterocycles.